The molecule has 53 heavy (non-hydrogen) atoms. The number of nitrogens with zero attached hydrogens (tertiary/aromatic N) is 5. The maximum absolute atomic E-state index is 6.47. The van der Waals surface area contributed by atoms with E-state index in [9.17, 15) is 0 Å². The van der Waals surface area contributed by atoms with E-state index >= 15 is 0 Å². The molecule has 0 radical (unpaired) electrons. The van der Waals surface area contributed by atoms with Gasteiger partial charge in [-0.25, -0.2) is 9.97 Å². The highest BCUT2D eigenvalue weighted by atomic mass is 16.3. The number of hydrogen-bond acceptors (Lipinski definition) is 6. The van der Waals surface area contributed by atoms with Gasteiger partial charge in [0.2, 0.25) is 11.8 Å². The van der Waals surface area contributed by atoms with E-state index in [1.807, 2.05) is 84.9 Å². The van der Waals surface area contributed by atoms with Gasteiger partial charge in [-0.05, 0) is 71.8 Å². The summed E-state index contributed by atoms with van der Waals surface area (Å²) in [6, 6.07) is 55.4. The van der Waals surface area contributed by atoms with Gasteiger partial charge in [0.05, 0.1) is 16.6 Å². The molecular formula is C46H27N5O2. The van der Waals surface area contributed by atoms with Crippen LogP contribution < -0.4 is 0 Å². The molecule has 0 saturated heterocycles. The average Bonchev–Trinajstić information content (AvgIpc) is 3.93. The lowest BCUT2D eigenvalue weighted by Gasteiger charge is -2.11. The summed E-state index contributed by atoms with van der Waals surface area (Å²) in [6.07, 6.45) is 0. The van der Waals surface area contributed by atoms with Crippen LogP contribution in [0.4, 0.5) is 0 Å². The van der Waals surface area contributed by atoms with Crippen molar-refractivity contribution in [1.29, 1.82) is 0 Å². The van der Waals surface area contributed by atoms with Crippen molar-refractivity contribution < 1.29 is 8.83 Å². The molecule has 7 aromatic carbocycles. The van der Waals surface area contributed by atoms with Crippen LogP contribution in [-0.4, -0.2) is 24.5 Å². The third kappa shape index (κ3) is 4.75. The zero-order valence-corrected chi connectivity index (χ0v) is 28.1. The van der Waals surface area contributed by atoms with Crippen molar-refractivity contribution in [2.45, 2.75) is 0 Å². The van der Waals surface area contributed by atoms with Crippen molar-refractivity contribution in [3.8, 4) is 51.3 Å². The van der Waals surface area contributed by atoms with Crippen LogP contribution in [0.3, 0.4) is 0 Å². The van der Waals surface area contributed by atoms with Crippen molar-refractivity contribution in [3.63, 3.8) is 0 Å². The fraction of sp³-hybridized carbons (Fsp3) is 0. The molecule has 0 spiro atoms. The number of furan rings is 1. The summed E-state index contributed by atoms with van der Waals surface area (Å²) in [6.45, 7) is 0. The van der Waals surface area contributed by atoms with Crippen LogP contribution in [0.15, 0.2) is 173 Å². The first-order valence-electron chi connectivity index (χ1n) is 17.5. The summed E-state index contributed by atoms with van der Waals surface area (Å²) >= 11 is 0. The Kier molecular flexibility index (Phi) is 6.42. The number of aromatic nitrogens is 5. The topological polar surface area (TPSA) is 82.8 Å². The second-order valence-electron chi connectivity index (χ2n) is 13.1. The first kappa shape index (κ1) is 29.4. The number of oxazole rings is 1. The summed E-state index contributed by atoms with van der Waals surface area (Å²) < 4.78 is 14.9. The summed E-state index contributed by atoms with van der Waals surface area (Å²) in [5.74, 6) is 2.02. The van der Waals surface area contributed by atoms with E-state index in [1.165, 1.54) is 0 Å². The molecule has 0 unspecified atom stereocenters. The number of benzene rings is 7. The molecular weight excluding hydrogens is 655 g/mol. The smallest absolute Gasteiger partial charge is 0.238 e. The number of para-hydroxylation sites is 3. The second-order valence-corrected chi connectivity index (χ2v) is 13.1. The summed E-state index contributed by atoms with van der Waals surface area (Å²) in [7, 11) is 0. The zero-order valence-electron chi connectivity index (χ0n) is 28.1. The van der Waals surface area contributed by atoms with Crippen LogP contribution in [-0.2, 0) is 0 Å². The van der Waals surface area contributed by atoms with Crippen LogP contribution in [0.2, 0.25) is 0 Å². The molecule has 0 fully saturated rings. The Morgan fingerprint density at radius 3 is 1.96 bits per heavy atom. The minimum Gasteiger partial charge on any atom is -0.456 e. The number of rotatable bonds is 5. The van der Waals surface area contributed by atoms with Crippen molar-refractivity contribution in [3.05, 3.63) is 164 Å². The van der Waals surface area contributed by atoms with Crippen LogP contribution in [0.1, 0.15) is 0 Å². The molecule has 0 amide bonds. The summed E-state index contributed by atoms with van der Waals surface area (Å²) in [5.41, 5.74) is 9.64. The highest BCUT2D eigenvalue weighted by molar-refractivity contribution is 6.10. The SMILES string of the molecule is c1ccc(-c2ccc3c(c2)c2ccccc2n3-c2nc(-c3ccc4c(c3)oc3ccccc34)nc(-c3cccc4nc(-c5ccccc5)oc34)n2)cc1. The minimum atomic E-state index is 0.475. The fourth-order valence-electron chi connectivity index (χ4n) is 7.41. The normalized spacial score (nSPS) is 11.8. The molecule has 0 bridgehead atoms. The van der Waals surface area contributed by atoms with Crippen LogP contribution in [0.5, 0.6) is 0 Å². The molecule has 7 nitrogen and oxygen atoms in total. The fourth-order valence-corrected chi connectivity index (χ4v) is 7.41. The molecule has 0 saturated carbocycles. The Labute approximate surface area is 302 Å². The Morgan fingerprint density at radius 2 is 1.09 bits per heavy atom. The quantitative estimate of drug-likeness (QED) is 0.180. The lowest BCUT2D eigenvalue weighted by atomic mass is 10.0. The van der Waals surface area contributed by atoms with Crippen molar-refractivity contribution in [2.75, 3.05) is 0 Å². The number of fused-ring (bicyclic) bond motifs is 7. The summed E-state index contributed by atoms with van der Waals surface area (Å²) in [4.78, 5) is 20.4. The van der Waals surface area contributed by atoms with Gasteiger partial charge in [0.1, 0.15) is 16.7 Å². The Morgan fingerprint density at radius 1 is 0.396 bits per heavy atom. The maximum Gasteiger partial charge on any atom is 0.238 e. The van der Waals surface area contributed by atoms with E-state index in [1.54, 1.807) is 0 Å². The molecule has 11 rings (SSSR count). The lowest BCUT2D eigenvalue weighted by Crippen LogP contribution is -2.06. The first-order valence-corrected chi connectivity index (χ1v) is 17.5. The van der Waals surface area contributed by atoms with Gasteiger partial charge in [0, 0.05) is 32.7 Å². The largest absolute Gasteiger partial charge is 0.456 e. The number of hydrogen-bond donors (Lipinski definition) is 0. The van der Waals surface area contributed by atoms with Gasteiger partial charge in [-0.3, -0.25) is 4.57 Å². The standard InChI is InChI=1S/C46H27N5O2/c1-3-12-28(13-4-1)30-23-25-39-36(26-30)32-16-7-9-20-38(32)51(39)46-49-43(31-22-24-34-33-17-8-10-21-40(33)52-41(34)27-31)48-44(50-46)35-18-11-19-37-42(35)53-45(47-37)29-14-5-2-6-15-29/h1-27H. The van der Waals surface area contributed by atoms with E-state index in [4.69, 9.17) is 28.8 Å². The highest BCUT2D eigenvalue weighted by Crippen LogP contribution is 2.37. The summed E-state index contributed by atoms with van der Waals surface area (Å²) in [5, 5.41) is 4.32. The van der Waals surface area contributed by atoms with E-state index in [0.29, 0.717) is 29.1 Å². The van der Waals surface area contributed by atoms with Gasteiger partial charge in [0.25, 0.3) is 0 Å². The predicted molar refractivity (Wildman–Crippen MR) is 211 cm³/mol. The molecule has 4 heterocycles. The van der Waals surface area contributed by atoms with Crippen LogP contribution >= 0.6 is 0 Å². The third-order valence-electron chi connectivity index (χ3n) is 9.92. The van der Waals surface area contributed by atoms with Crippen molar-refractivity contribution in [2.24, 2.45) is 0 Å². The van der Waals surface area contributed by atoms with Gasteiger partial charge in [0.15, 0.2) is 17.2 Å². The predicted octanol–water partition coefficient (Wildman–Crippen LogP) is 11.7. The second kappa shape index (κ2) is 11.6. The first-order chi connectivity index (χ1) is 26.2. The van der Waals surface area contributed by atoms with Gasteiger partial charge in [-0.15, -0.1) is 0 Å². The van der Waals surface area contributed by atoms with Crippen LogP contribution in [0, 0.1) is 0 Å². The Bertz CT molecular complexity index is 3180. The molecule has 0 atom stereocenters. The van der Waals surface area contributed by atoms with E-state index in [-0.39, 0.29) is 0 Å². The minimum absolute atomic E-state index is 0.475. The highest BCUT2D eigenvalue weighted by Gasteiger charge is 2.21. The van der Waals surface area contributed by atoms with Gasteiger partial charge in [-0.1, -0.05) is 103 Å². The Balaban J connectivity index is 1.17. The van der Waals surface area contributed by atoms with E-state index in [2.05, 4.69) is 83.4 Å². The van der Waals surface area contributed by atoms with Crippen molar-refractivity contribution in [1.82, 2.24) is 24.5 Å². The third-order valence-corrected chi connectivity index (χ3v) is 9.92. The van der Waals surface area contributed by atoms with Crippen molar-refractivity contribution >= 4 is 54.8 Å². The molecule has 7 heteroatoms. The zero-order chi connectivity index (χ0) is 34.9. The molecule has 0 aliphatic heterocycles. The Hall–Kier alpha value is -7.38. The van der Waals surface area contributed by atoms with E-state index < -0.39 is 0 Å². The molecule has 0 aliphatic carbocycles. The monoisotopic (exact) mass is 681 g/mol. The lowest BCUT2D eigenvalue weighted by molar-refractivity contribution is 0.620. The molecule has 11 aromatic rings. The van der Waals surface area contributed by atoms with Crippen LogP contribution in [0.25, 0.3) is 106 Å². The average molecular weight is 682 g/mol. The van der Waals surface area contributed by atoms with E-state index in [0.717, 1.165) is 77.1 Å². The van der Waals surface area contributed by atoms with Gasteiger partial charge < -0.3 is 8.83 Å². The molecule has 0 aliphatic rings. The van der Waals surface area contributed by atoms with Gasteiger partial charge >= 0.3 is 0 Å². The van der Waals surface area contributed by atoms with Gasteiger partial charge in [-0.2, -0.15) is 9.97 Å². The molecule has 4 aromatic heterocycles. The molecule has 0 N–H and O–H groups in total. The maximum atomic E-state index is 6.47. The molecule has 248 valence electrons.